The van der Waals surface area contributed by atoms with E-state index in [9.17, 15) is 4.79 Å². The quantitative estimate of drug-likeness (QED) is 0.829. The van der Waals surface area contributed by atoms with Gasteiger partial charge >= 0.3 is 0 Å². The van der Waals surface area contributed by atoms with Crippen molar-refractivity contribution in [2.75, 3.05) is 13.2 Å². The maximum Gasteiger partial charge on any atom is 0.143 e. The molecule has 1 saturated heterocycles. The van der Waals surface area contributed by atoms with E-state index in [0.29, 0.717) is 25.6 Å². The predicted octanol–water partition coefficient (Wildman–Crippen LogP) is 3.08. The fourth-order valence-electron chi connectivity index (χ4n) is 2.78. The van der Waals surface area contributed by atoms with E-state index in [0.717, 1.165) is 0 Å². The maximum atomic E-state index is 12.0. The number of hydrogen-bond acceptors (Lipinski definition) is 3. The van der Waals surface area contributed by atoms with E-state index in [2.05, 4.69) is 19.1 Å². The Balaban J connectivity index is 1.80. The van der Waals surface area contributed by atoms with Gasteiger partial charge in [0.25, 0.3) is 0 Å². The second-order valence-corrected chi connectivity index (χ2v) is 5.87. The fourth-order valence-corrected chi connectivity index (χ4v) is 2.78. The number of carbonyl (C=O) groups is 1. The number of Topliss-reactive ketones (excluding diaryl/α,β-unsaturated/α-hetero) is 1. The van der Waals surface area contributed by atoms with Gasteiger partial charge in [-0.25, -0.2) is 0 Å². The van der Waals surface area contributed by atoms with Crippen LogP contribution in [0.1, 0.15) is 26.3 Å². The smallest absolute Gasteiger partial charge is 0.143 e. The summed E-state index contributed by atoms with van der Waals surface area (Å²) in [6.07, 6.45) is -0.0190. The first-order valence-corrected chi connectivity index (χ1v) is 7.36. The van der Waals surface area contributed by atoms with Crippen molar-refractivity contribution in [1.82, 2.24) is 0 Å². The molecule has 0 aromatic heterocycles. The second kappa shape index (κ2) is 7.00. The average Bonchev–Trinajstić information content (AvgIpc) is 2.46. The SMILES string of the molecule is CC1COC(C(C)COCc2ccccc2)C(C)C1=O. The molecule has 4 atom stereocenters. The molecule has 1 aromatic rings. The third kappa shape index (κ3) is 3.68. The third-order valence-electron chi connectivity index (χ3n) is 4.02. The van der Waals surface area contributed by atoms with Crippen LogP contribution in [0.3, 0.4) is 0 Å². The zero-order chi connectivity index (χ0) is 14.5. The number of carbonyl (C=O) groups excluding carboxylic acids is 1. The Hall–Kier alpha value is -1.19. The van der Waals surface area contributed by atoms with Gasteiger partial charge in [-0.3, -0.25) is 4.79 Å². The lowest BCUT2D eigenvalue weighted by atomic mass is 9.83. The van der Waals surface area contributed by atoms with Crippen LogP contribution in [0.25, 0.3) is 0 Å². The summed E-state index contributed by atoms with van der Waals surface area (Å²) in [7, 11) is 0. The molecule has 4 unspecified atom stereocenters. The molecular weight excluding hydrogens is 252 g/mol. The van der Waals surface area contributed by atoms with Gasteiger partial charge in [-0.1, -0.05) is 51.1 Å². The molecule has 2 rings (SSSR count). The summed E-state index contributed by atoms with van der Waals surface area (Å²) in [6.45, 7) is 7.76. The number of hydrogen-bond donors (Lipinski definition) is 0. The minimum atomic E-state index is -0.0333. The van der Waals surface area contributed by atoms with Crippen LogP contribution < -0.4 is 0 Å². The van der Waals surface area contributed by atoms with E-state index >= 15 is 0 Å². The van der Waals surface area contributed by atoms with E-state index in [1.165, 1.54) is 5.56 Å². The summed E-state index contributed by atoms with van der Waals surface area (Å²) in [5, 5.41) is 0. The Morgan fingerprint density at radius 3 is 2.70 bits per heavy atom. The minimum Gasteiger partial charge on any atom is -0.376 e. The molecule has 1 heterocycles. The highest BCUT2D eigenvalue weighted by molar-refractivity contribution is 5.84. The largest absolute Gasteiger partial charge is 0.376 e. The van der Waals surface area contributed by atoms with Crippen molar-refractivity contribution in [3.8, 4) is 0 Å². The van der Waals surface area contributed by atoms with Crippen molar-refractivity contribution in [3.05, 3.63) is 35.9 Å². The monoisotopic (exact) mass is 276 g/mol. The molecule has 1 fully saturated rings. The highest BCUT2D eigenvalue weighted by atomic mass is 16.5. The zero-order valence-electron chi connectivity index (χ0n) is 12.5. The van der Waals surface area contributed by atoms with Crippen LogP contribution in [-0.4, -0.2) is 25.1 Å². The first-order chi connectivity index (χ1) is 9.59. The van der Waals surface area contributed by atoms with Crippen molar-refractivity contribution < 1.29 is 14.3 Å². The van der Waals surface area contributed by atoms with Gasteiger partial charge in [-0.05, 0) is 5.56 Å². The standard InChI is InChI=1S/C17H24O3/c1-12-10-20-17(14(3)16(12)18)13(2)9-19-11-15-7-5-4-6-8-15/h4-8,12-14,17H,9-11H2,1-3H3. The summed E-state index contributed by atoms with van der Waals surface area (Å²) >= 11 is 0. The molecule has 110 valence electrons. The lowest BCUT2D eigenvalue weighted by Crippen LogP contribution is -2.44. The molecule has 0 amide bonds. The highest BCUT2D eigenvalue weighted by Gasteiger charge is 2.36. The van der Waals surface area contributed by atoms with E-state index in [1.807, 2.05) is 32.0 Å². The Morgan fingerprint density at radius 1 is 1.30 bits per heavy atom. The van der Waals surface area contributed by atoms with Gasteiger partial charge in [0.1, 0.15) is 5.78 Å². The summed E-state index contributed by atoms with van der Waals surface area (Å²) in [4.78, 5) is 12.0. The number of ketones is 1. The summed E-state index contributed by atoms with van der Waals surface area (Å²) in [5.74, 6) is 0.536. The summed E-state index contributed by atoms with van der Waals surface area (Å²) in [5.41, 5.74) is 1.17. The van der Waals surface area contributed by atoms with Crippen molar-refractivity contribution in [2.45, 2.75) is 33.5 Å². The Labute approximate surface area is 121 Å². The molecule has 1 aromatic carbocycles. The lowest BCUT2D eigenvalue weighted by molar-refractivity contribution is -0.149. The molecular formula is C17H24O3. The highest BCUT2D eigenvalue weighted by Crippen LogP contribution is 2.26. The Kier molecular flexibility index (Phi) is 5.32. The van der Waals surface area contributed by atoms with Crippen molar-refractivity contribution >= 4 is 5.78 Å². The minimum absolute atomic E-state index is 0.0190. The van der Waals surface area contributed by atoms with Crippen molar-refractivity contribution in [2.24, 2.45) is 17.8 Å². The number of benzene rings is 1. The van der Waals surface area contributed by atoms with E-state index < -0.39 is 0 Å². The molecule has 1 aliphatic heterocycles. The van der Waals surface area contributed by atoms with E-state index in [4.69, 9.17) is 9.47 Å². The topological polar surface area (TPSA) is 35.5 Å². The average molecular weight is 276 g/mol. The molecule has 0 bridgehead atoms. The predicted molar refractivity (Wildman–Crippen MR) is 78.3 cm³/mol. The first kappa shape index (κ1) is 15.2. The van der Waals surface area contributed by atoms with Crippen LogP contribution in [-0.2, 0) is 20.9 Å². The van der Waals surface area contributed by atoms with Gasteiger partial charge in [0.2, 0.25) is 0 Å². The van der Waals surface area contributed by atoms with Gasteiger partial charge in [-0.2, -0.15) is 0 Å². The molecule has 3 heteroatoms. The zero-order valence-corrected chi connectivity index (χ0v) is 12.5. The lowest BCUT2D eigenvalue weighted by Gasteiger charge is -2.35. The molecule has 0 spiro atoms. The van der Waals surface area contributed by atoms with E-state index in [-0.39, 0.29) is 23.9 Å². The van der Waals surface area contributed by atoms with Crippen molar-refractivity contribution in [1.29, 1.82) is 0 Å². The molecule has 0 aliphatic carbocycles. The van der Waals surface area contributed by atoms with Crippen LogP contribution in [0.4, 0.5) is 0 Å². The Bertz CT molecular complexity index is 429. The maximum absolute atomic E-state index is 12.0. The van der Waals surface area contributed by atoms with Crippen LogP contribution in [0.5, 0.6) is 0 Å². The molecule has 0 saturated carbocycles. The normalized spacial score (nSPS) is 28.4. The molecule has 20 heavy (non-hydrogen) atoms. The summed E-state index contributed by atoms with van der Waals surface area (Å²) in [6, 6.07) is 10.1. The van der Waals surface area contributed by atoms with Crippen LogP contribution >= 0.6 is 0 Å². The first-order valence-electron chi connectivity index (χ1n) is 7.36. The molecule has 3 nitrogen and oxygen atoms in total. The van der Waals surface area contributed by atoms with Gasteiger partial charge in [-0.15, -0.1) is 0 Å². The molecule has 0 N–H and O–H groups in total. The molecule has 1 aliphatic rings. The van der Waals surface area contributed by atoms with Crippen LogP contribution in [0, 0.1) is 17.8 Å². The van der Waals surface area contributed by atoms with Crippen LogP contribution in [0.2, 0.25) is 0 Å². The summed E-state index contributed by atoms with van der Waals surface area (Å²) < 4.78 is 11.6. The fraction of sp³-hybridized carbons (Fsp3) is 0.588. The van der Waals surface area contributed by atoms with Gasteiger partial charge < -0.3 is 9.47 Å². The van der Waals surface area contributed by atoms with Gasteiger partial charge in [0.15, 0.2) is 0 Å². The van der Waals surface area contributed by atoms with Crippen molar-refractivity contribution in [3.63, 3.8) is 0 Å². The number of rotatable bonds is 5. The number of ether oxygens (including phenoxy) is 2. The Morgan fingerprint density at radius 2 is 2.00 bits per heavy atom. The van der Waals surface area contributed by atoms with E-state index in [1.54, 1.807) is 0 Å². The second-order valence-electron chi connectivity index (χ2n) is 5.87. The molecule has 0 radical (unpaired) electrons. The van der Waals surface area contributed by atoms with Gasteiger partial charge in [0, 0.05) is 17.8 Å². The van der Waals surface area contributed by atoms with Gasteiger partial charge in [0.05, 0.1) is 25.9 Å². The third-order valence-corrected chi connectivity index (χ3v) is 4.02. The van der Waals surface area contributed by atoms with Crippen LogP contribution in [0.15, 0.2) is 30.3 Å².